The number of rotatable bonds is 2. The minimum atomic E-state index is -0.110. The van der Waals surface area contributed by atoms with E-state index in [0.717, 1.165) is 27.7 Å². The highest BCUT2D eigenvalue weighted by Gasteiger charge is 2.08. The van der Waals surface area contributed by atoms with Crippen LogP contribution in [0.3, 0.4) is 0 Å². The van der Waals surface area contributed by atoms with Gasteiger partial charge in [-0.05, 0) is 37.1 Å². The highest BCUT2D eigenvalue weighted by Crippen LogP contribution is 2.27. The lowest BCUT2D eigenvalue weighted by Gasteiger charge is -2.02. The molecule has 3 aromatic heterocycles. The zero-order chi connectivity index (χ0) is 14.1. The van der Waals surface area contributed by atoms with Crippen LogP contribution < -0.4 is 5.56 Å². The van der Waals surface area contributed by atoms with E-state index in [2.05, 4.69) is 34.0 Å². The fourth-order valence-corrected chi connectivity index (χ4v) is 2.27. The van der Waals surface area contributed by atoms with Gasteiger partial charge >= 0.3 is 0 Å². The monoisotopic (exact) mass is 265 g/mol. The summed E-state index contributed by atoms with van der Waals surface area (Å²) in [5.74, 6) is 0. The molecule has 2 N–H and O–H groups in total. The molecule has 3 rings (SSSR count). The number of fused-ring (bicyclic) bond motifs is 1. The van der Waals surface area contributed by atoms with E-state index >= 15 is 0 Å². The van der Waals surface area contributed by atoms with Crippen LogP contribution >= 0.6 is 0 Å². The van der Waals surface area contributed by atoms with E-state index in [1.807, 2.05) is 19.2 Å². The van der Waals surface area contributed by atoms with Gasteiger partial charge in [-0.3, -0.25) is 4.79 Å². The summed E-state index contributed by atoms with van der Waals surface area (Å²) in [5, 5.41) is 1.07. The molecule has 0 fully saturated rings. The molecule has 0 saturated carbocycles. The van der Waals surface area contributed by atoms with Crippen LogP contribution in [0.5, 0.6) is 0 Å². The van der Waals surface area contributed by atoms with Crippen molar-refractivity contribution in [2.75, 3.05) is 0 Å². The van der Waals surface area contributed by atoms with Gasteiger partial charge in [0.2, 0.25) is 5.56 Å². The van der Waals surface area contributed by atoms with Crippen LogP contribution in [0, 0.1) is 0 Å². The Labute approximate surface area is 116 Å². The minimum absolute atomic E-state index is 0.110. The van der Waals surface area contributed by atoms with Crippen molar-refractivity contribution in [1.82, 2.24) is 15.0 Å². The molecular weight excluding hydrogens is 250 g/mol. The lowest BCUT2D eigenvalue weighted by molar-refractivity contribution is 1.24. The molecule has 3 heterocycles. The zero-order valence-electron chi connectivity index (χ0n) is 11.4. The van der Waals surface area contributed by atoms with Crippen LogP contribution in [-0.4, -0.2) is 15.0 Å². The molecule has 0 amide bonds. The zero-order valence-corrected chi connectivity index (χ0v) is 11.4. The second kappa shape index (κ2) is 4.81. The average Bonchev–Trinajstić information content (AvgIpc) is 2.89. The van der Waals surface area contributed by atoms with Crippen molar-refractivity contribution in [3.05, 3.63) is 58.8 Å². The molecule has 0 aliphatic rings. The second-order valence-electron chi connectivity index (χ2n) is 4.74. The molecule has 0 radical (unpaired) electrons. The van der Waals surface area contributed by atoms with Gasteiger partial charge in [-0.2, -0.15) is 0 Å². The maximum absolute atomic E-state index is 11.4. The van der Waals surface area contributed by atoms with Gasteiger partial charge in [0, 0.05) is 41.2 Å². The van der Waals surface area contributed by atoms with Crippen molar-refractivity contribution >= 4 is 16.6 Å². The first-order valence-electron chi connectivity index (χ1n) is 6.48. The number of hydrogen-bond donors (Lipinski definition) is 2. The summed E-state index contributed by atoms with van der Waals surface area (Å²) in [5.41, 5.74) is 4.89. The van der Waals surface area contributed by atoms with Crippen molar-refractivity contribution in [2.45, 2.75) is 13.8 Å². The Morgan fingerprint density at radius 3 is 2.85 bits per heavy atom. The Balaban J connectivity index is 2.22. The predicted octanol–water partition coefficient (Wildman–Crippen LogP) is 3.34. The topological polar surface area (TPSA) is 61.5 Å². The molecule has 0 aromatic carbocycles. The number of hydrogen-bond acceptors (Lipinski definition) is 2. The van der Waals surface area contributed by atoms with Crippen molar-refractivity contribution in [3.8, 4) is 11.1 Å². The highest BCUT2D eigenvalue weighted by molar-refractivity contribution is 5.92. The Morgan fingerprint density at radius 1 is 1.25 bits per heavy atom. The molecule has 100 valence electrons. The van der Waals surface area contributed by atoms with Gasteiger partial charge < -0.3 is 9.97 Å². The first kappa shape index (κ1) is 12.4. The Bertz CT molecular complexity index is 855. The third kappa shape index (κ3) is 2.05. The van der Waals surface area contributed by atoms with E-state index < -0.39 is 0 Å². The van der Waals surface area contributed by atoms with E-state index in [0.29, 0.717) is 0 Å². The van der Waals surface area contributed by atoms with E-state index in [9.17, 15) is 4.79 Å². The van der Waals surface area contributed by atoms with Gasteiger partial charge in [0.25, 0.3) is 0 Å². The van der Waals surface area contributed by atoms with Crippen LogP contribution in [0.25, 0.3) is 27.7 Å². The van der Waals surface area contributed by atoms with Crippen molar-refractivity contribution < 1.29 is 0 Å². The fraction of sp³-hybridized carbons (Fsp3) is 0.125. The molecule has 0 aliphatic carbocycles. The Kier molecular flexibility index (Phi) is 2.99. The molecule has 0 unspecified atom stereocenters. The molecule has 0 atom stereocenters. The summed E-state index contributed by atoms with van der Waals surface area (Å²) >= 11 is 0. The molecule has 0 saturated heterocycles. The Morgan fingerprint density at radius 2 is 2.10 bits per heavy atom. The SMILES string of the molecule is C/C=C(\C)c1c[nH]c2ncc(-c3cc[nH]c(=O)c3)cc12. The van der Waals surface area contributed by atoms with Crippen LogP contribution in [0.4, 0.5) is 0 Å². The largest absolute Gasteiger partial charge is 0.346 e. The summed E-state index contributed by atoms with van der Waals surface area (Å²) in [6, 6.07) is 5.52. The van der Waals surface area contributed by atoms with Crippen molar-refractivity contribution in [1.29, 1.82) is 0 Å². The predicted molar refractivity (Wildman–Crippen MR) is 81.5 cm³/mol. The number of nitrogens with zero attached hydrogens (tertiary/aromatic N) is 1. The smallest absolute Gasteiger partial charge is 0.248 e. The maximum Gasteiger partial charge on any atom is 0.248 e. The number of aromatic amines is 2. The highest BCUT2D eigenvalue weighted by atomic mass is 16.1. The maximum atomic E-state index is 11.4. The number of H-pyrrole nitrogens is 2. The van der Waals surface area contributed by atoms with E-state index in [-0.39, 0.29) is 5.56 Å². The van der Waals surface area contributed by atoms with Gasteiger partial charge in [0.1, 0.15) is 5.65 Å². The number of aromatic nitrogens is 3. The third-order valence-corrected chi connectivity index (χ3v) is 3.50. The van der Waals surface area contributed by atoms with Crippen LogP contribution in [-0.2, 0) is 0 Å². The molecule has 4 heteroatoms. The van der Waals surface area contributed by atoms with Gasteiger partial charge in [-0.1, -0.05) is 6.08 Å². The van der Waals surface area contributed by atoms with E-state index in [1.54, 1.807) is 18.5 Å². The minimum Gasteiger partial charge on any atom is -0.346 e. The molecule has 0 bridgehead atoms. The molecule has 20 heavy (non-hydrogen) atoms. The summed E-state index contributed by atoms with van der Waals surface area (Å²) in [6.45, 7) is 4.09. The van der Waals surface area contributed by atoms with E-state index in [1.165, 1.54) is 5.57 Å². The van der Waals surface area contributed by atoms with Gasteiger partial charge in [-0.25, -0.2) is 4.98 Å². The van der Waals surface area contributed by atoms with Gasteiger partial charge in [-0.15, -0.1) is 0 Å². The quantitative estimate of drug-likeness (QED) is 0.746. The van der Waals surface area contributed by atoms with Gasteiger partial charge in [0.05, 0.1) is 0 Å². The average molecular weight is 265 g/mol. The van der Waals surface area contributed by atoms with Gasteiger partial charge in [0.15, 0.2) is 0 Å². The molecule has 0 spiro atoms. The molecule has 3 aromatic rings. The number of nitrogens with one attached hydrogen (secondary N) is 2. The summed E-state index contributed by atoms with van der Waals surface area (Å²) in [7, 11) is 0. The number of allylic oxidation sites excluding steroid dienone is 2. The first-order valence-corrected chi connectivity index (χ1v) is 6.48. The molecular formula is C16H15N3O. The summed E-state index contributed by atoms with van der Waals surface area (Å²) < 4.78 is 0. The standard InChI is InChI=1S/C16H15N3O/c1-3-10(2)14-9-19-16-13(14)6-12(8-18-16)11-4-5-17-15(20)7-11/h3-9H,1-2H3,(H,17,20)(H,18,19)/b10-3+. The van der Waals surface area contributed by atoms with Crippen LogP contribution in [0.1, 0.15) is 19.4 Å². The summed E-state index contributed by atoms with van der Waals surface area (Å²) in [4.78, 5) is 21.6. The van der Waals surface area contributed by atoms with Crippen LogP contribution in [0.2, 0.25) is 0 Å². The van der Waals surface area contributed by atoms with E-state index in [4.69, 9.17) is 0 Å². The normalized spacial score (nSPS) is 12.0. The van der Waals surface area contributed by atoms with Crippen LogP contribution in [0.15, 0.2) is 47.7 Å². The molecule has 4 nitrogen and oxygen atoms in total. The Hall–Kier alpha value is -2.62. The van der Waals surface area contributed by atoms with Crippen molar-refractivity contribution in [2.24, 2.45) is 0 Å². The lowest BCUT2D eigenvalue weighted by atomic mass is 10.0. The molecule has 0 aliphatic heterocycles. The second-order valence-corrected chi connectivity index (χ2v) is 4.74. The first-order chi connectivity index (χ1) is 9.69. The lowest BCUT2D eigenvalue weighted by Crippen LogP contribution is -2.02. The van der Waals surface area contributed by atoms with Crippen molar-refractivity contribution in [3.63, 3.8) is 0 Å². The summed E-state index contributed by atoms with van der Waals surface area (Å²) in [6.07, 6.45) is 7.47. The number of pyridine rings is 2. The fourth-order valence-electron chi connectivity index (χ4n) is 2.27. The third-order valence-electron chi connectivity index (χ3n) is 3.50.